The van der Waals surface area contributed by atoms with Crippen LogP contribution < -0.4 is 0 Å². The van der Waals surface area contributed by atoms with Gasteiger partial charge in [-0.1, -0.05) is 18.2 Å². The maximum atomic E-state index is 12.2. The lowest BCUT2D eigenvalue weighted by Crippen LogP contribution is -1.68. The van der Waals surface area contributed by atoms with Gasteiger partial charge in [0.2, 0.25) is 6.08 Å². The number of nitrogens with zero attached hydrogens (tertiary/aromatic N) is 1. The summed E-state index contributed by atoms with van der Waals surface area (Å²) in [5, 5.41) is 0. The van der Waals surface area contributed by atoms with E-state index >= 15 is 0 Å². The summed E-state index contributed by atoms with van der Waals surface area (Å²) in [6.07, 6.45) is 1.36. The minimum atomic E-state index is -0.343. The molecule has 0 saturated heterocycles. The molecule has 2 aromatic carbocycles. The Kier molecular flexibility index (Phi) is 5.28. The maximum absolute atomic E-state index is 12.2. The van der Waals surface area contributed by atoms with Gasteiger partial charge < -0.3 is 0 Å². The number of hydrogen-bond acceptors (Lipinski definition) is 2. The molecular weight excluding hydrogens is 224 g/mol. The molecule has 0 N–H and O–H groups in total. The molecule has 0 saturated carbocycles. The first-order valence-corrected chi connectivity index (χ1v) is 4.76. The maximum Gasteiger partial charge on any atom is 0.240 e. The van der Waals surface area contributed by atoms with Gasteiger partial charge in [-0.25, -0.2) is 13.6 Å². The van der Waals surface area contributed by atoms with E-state index < -0.39 is 0 Å². The molecule has 0 atom stereocenters. The van der Waals surface area contributed by atoms with E-state index in [1.54, 1.807) is 18.2 Å². The van der Waals surface area contributed by atoms with Gasteiger partial charge in [-0.2, -0.15) is 4.99 Å². The molecule has 0 aliphatic heterocycles. The molecule has 86 valence electrons. The number of isocyanates is 1. The zero-order valence-electron chi connectivity index (χ0n) is 8.81. The summed E-state index contributed by atoms with van der Waals surface area (Å²) in [7, 11) is 0. The van der Waals surface area contributed by atoms with Crippen LogP contribution in [0.1, 0.15) is 0 Å². The van der Waals surface area contributed by atoms with E-state index in [1.807, 2.05) is 0 Å². The molecule has 0 unspecified atom stereocenters. The Hall–Kier alpha value is -2.32. The highest BCUT2D eigenvalue weighted by Crippen LogP contribution is 2.10. The Labute approximate surface area is 97.2 Å². The van der Waals surface area contributed by atoms with E-state index in [0.29, 0.717) is 5.69 Å². The molecule has 4 heteroatoms. The minimum Gasteiger partial charge on any atom is -0.211 e. The van der Waals surface area contributed by atoms with Crippen LogP contribution in [0.2, 0.25) is 0 Å². The predicted molar refractivity (Wildman–Crippen MR) is 60.6 cm³/mol. The van der Waals surface area contributed by atoms with Gasteiger partial charge in [-0.05, 0) is 36.4 Å². The third-order valence-corrected chi connectivity index (χ3v) is 1.73. The normalized spacial score (nSPS) is 8.59. The molecule has 17 heavy (non-hydrogen) atoms. The van der Waals surface area contributed by atoms with Crippen molar-refractivity contribution in [2.75, 3.05) is 0 Å². The smallest absolute Gasteiger partial charge is 0.211 e. The number of hydrogen-bond donors (Lipinski definition) is 0. The fraction of sp³-hybridized carbons (Fsp3) is 0. The first-order chi connectivity index (χ1) is 8.22. The number of rotatable bonds is 1. The molecular formula is C13H9F2NO. The van der Waals surface area contributed by atoms with Crippen molar-refractivity contribution in [1.82, 2.24) is 0 Å². The lowest BCUT2D eigenvalue weighted by atomic mass is 10.3. The highest BCUT2D eigenvalue weighted by Gasteiger charge is 1.88. The Balaban J connectivity index is 0.000000181. The molecule has 0 aliphatic carbocycles. The van der Waals surface area contributed by atoms with Gasteiger partial charge in [-0.15, -0.1) is 0 Å². The van der Waals surface area contributed by atoms with E-state index in [1.165, 1.54) is 42.5 Å². The summed E-state index contributed by atoms with van der Waals surface area (Å²) >= 11 is 0. The summed E-state index contributed by atoms with van der Waals surface area (Å²) in [5.74, 6) is -0.521. The van der Waals surface area contributed by atoms with Crippen molar-refractivity contribution >= 4 is 11.8 Å². The average Bonchev–Trinajstić information content (AvgIpc) is 2.34. The van der Waals surface area contributed by atoms with Gasteiger partial charge in [0.25, 0.3) is 0 Å². The van der Waals surface area contributed by atoms with Crippen molar-refractivity contribution in [1.29, 1.82) is 0 Å². The second-order valence-corrected chi connectivity index (χ2v) is 2.98. The fourth-order valence-electron chi connectivity index (χ4n) is 0.983. The third-order valence-electron chi connectivity index (χ3n) is 1.73. The van der Waals surface area contributed by atoms with Crippen molar-refractivity contribution in [3.63, 3.8) is 0 Å². The van der Waals surface area contributed by atoms with E-state index in [-0.39, 0.29) is 11.6 Å². The number of carbonyl (C=O) groups excluding carboxylic acids is 1. The van der Waals surface area contributed by atoms with Gasteiger partial charge in [0, 0.05) is 0 Å². The molecule has 2 rings (SSSR count). The highest BCUT2D eigenvalue weighted by atomic mass is 19.1. The Morgan fingerprint density at radius 1 is 0.824 bits per heavy atom. The zero-order valence-corrected chi connectivity index (χ0v) is 8.81. The molecule has 0 radical (unpaired) electrons. The van der Waals surface area contributed by atoms with E-state index in [2.05, 4.69) is 4.99 Å². The van der Waals surface area contributed by atoms with Crippen molar-refractivity contribution in [3.8, 4) is 0 Å². The first kappa shape index (κ1) is 12.7. The highest BCUT2D eigenvalue weighted by molar-refractivity contribution is 5.48. The molecule has 2 aromatic rings. The van der Waals surface area contributed by atoms with Gasteiger partial charge in [0.1, 0.15) is 11.6 Å². The monoisotopic (exact) mass is 233 g/mol. The van der Waals surface area contributed by atoms with Crippen LogP contribution in [0, 0.1) is 11.6 Å². The van der Waals surface area contributed by atoms with Crippen LogP contribution in [0.25, 0.3) is 0 Å². The average molecular weight is 233 g/mol. The Bertz CT molecular complexity index is 491. The van der Waals surface area contributed by atoms with Gasteiger partial charge in [-0.3, -0.25) is 0 Å². The summed E-state index contributed by atoms with van der Waals surface area (Å²) in [6, 6.07) is 13.2. The molecule has 0 aromatic heterocycles. The first-order valence-electron chi connectivity index (χ1n) is 4.76. The lowest BCUT2D eigenvalue weighted by Gasteiger charge is -1.87. The number of benzene rings is 2. The quantitative estimate of drug-likeness (QED) is 0.546. The molecule has 0 spiro atoms. The van der Waals surface area contributed by atoms with Crippen LogP contribution in [0.3, 0.4) is 0 Å². The molecule has 0 aliphatic rings. The standard InChI is InChI=1S/C7H4FNO.C6H5F/c8-6-1-3-7(4-2-6)9-5-10;7-6-4-2-1-3-5-6/h1-4H;1-5H. The van der Waals surface area contributed by atoms with E-state index in [9.17, 15) is 13.6 Å². The van der Waals surface area contributed by atoms with Crippen LogP contribution in [-0.4, -0.2) is 6.08 Å². The molecule has 0 bridgehead atoms. The molecule has 0 heterocycles. The van der Waals surface area contributed by atoms with E-state index in [0.717, 1.165) is 0 Å². The van der Waals surface area contributed by atoms with Crippen molar-refractivity contribution in [2.24, 2.45) is 4.99 Å². The van der Waals surface area contributed by atoms with Crippen molar-refractivity contribution < 1.29 is 13.6 Å². The van der Waals surface area contributed by atoms with Gasteiger partial charge in [0.05, 0.1) is 5.69 Å². The second-order valence-electron chi connectivity index (χ2n) is 2.98. The summed E-state index contributed by atoms with van der Waals surface area (Å²) in [6.45, 7) is 0. The summed E-state index contributed by atoms with van der Waals surface area (Å²) in [5.41, 5.74) is 0.413. The van der Waals surface area contributed by atoms with E-state index in [4.69, 9.17) is 0 Å². The SMILES string of the molecule is Fc1ccccc1.O=C=Nc1ccc(F)cc1. The molecule has 2 nitrogen and oxygen atoms in total. The third kappa shape index (κ3) is 5.35. The minimum absolute atomic E-state index is 0.178. The van der Waals surface area contributed by atoms with Crippen LogP contribution >= 0.6 is 0 Å². The number of aliphatic imine (C=N–C) groups is 1. The van der Waals surface area contributed by atoms with Gasteiger partial charge in [0.15, 0.2) is 0 Å². The van der Waals surface area contributed by atoms with Crippen LogP contribution in [-0.2, 0) is 4.79 Å². The van der Waals surface area contributed by atoms with Crippen LogP contribution in [0.4, 0.5) is 14.5 Å². The van der Waals surface area contributed by atoms with Crippen molar-refractivity contribution in [3.05, 3.63) is 66.2 Å². The van der Waals surface area contributed by atoms with Crippen LogP contribution in [0.15, 0.2) is 59.6 Å². The Morgan fingerprint density at radius 3 is 1.76 bits per heavy atom. The lowest BCUT2D eigenvalue weighted by molar-refractivity contribution is 0.565. The van der Waals surface area contributed by atoms with Crippen LogP contribution in [0.5, 0.6) is 0 Å². The largest absolute Gasteiger partial charge is 0.240 e. The molecule has 0 fully saturated rings. The number of halogens is 2. The van der Waals surface area contributed by atoms with Crippen molar-refractivity contribution in [2.45, 2.75) is 0 Å². The van der Waals surface area contributed by atoms with Gasteiger partial charge >= 0.3 is 0 Å². The predicted octanol–water partition coefficient (Wildman–Crippen LogP) is 3.62. The second kappa shape index (κ2) is 7.04. The summed E-state index contributed by atoms with van der Waals surface area (Å²) in [4.78, 5) is 12.9. The molecule has 0 amide bonds. The fourth-order valence-corrected chi connectivity index (χ4v) is 0.983. The topological polar surface area (TPSA) is 29.4 Å². The summed E-state index contributed by atoms with van der Waals surface area (Å²) < 4.78 is 24.1. The Morgan fingerprint density at radius 2 is 1.35 bits per heavy atom. The zero-order chi connectivity index (χ0) is 12.5.